The lowest BCUT2D eigenvalue weighted by Gasteiger charge is -2.35. The highest BCUT2D eigenvalue weighted by molar-refractivity contribution is 7.16. The number of aromatic nitrogens is 3. The second-order valence-electron chi connectivity index (χ2n) is 11.1. The lowest BCUT2D eigenvalue weighted by atomic mass is 10.1. The van der Waals surface area contributed by atoms with Gasteiger partial charge in [-0.25, -0.2) is 15.0 Å². The molecule has 2 aromatic heterocycles. The van der Waals surface area contributed by atoms with E-state index in [2.05, 4.69) is 30.1 Å². The van der Waals surface area contributed by atoms with Crippen LogP contribution in [0.1, 0.15) is 43.6 Å². The Kier molecular flexibility index (Phi) is 10.4. The summed E-state index contributed by atoms with van der Waals surface area (Å²) in [6.07, 6.45) is -1.58. The first-order valence-corrected chi connectivity index (χ1v) is 15.9. The van der Waals surface area contributed by atoms with Crippen LogP contribution >= 0.6 is 22.9 Å². The number of carbonyl (C=O) groups is 1. The van der Waals surface area contributed by atoms with Gasteiger partial charge in [-0.3, -0.25) is 14.6 Å². The average molecular weight is 671 g/mol. The van der Waals surface area contributed by atoms with E-state index in [0.717, 1.165) is 25.0 Å². The number of anilines is 3. The van der Waals surface area contributed by atoms with E-state index in [1.165, 1.54) is 23.7 Å². The number of ether oxygens (including phenoxy) is 1. The number of benzene rings is 1. The fourth-order valence-corrected chi connectivity index (χ4v) is 6.80. The number of rotatable bonds is 10. The third kappa shape index (κ3) is 8.01. The first-order chi connectivity index (χ1) is 21.4. The molecule has 2 saturated heterocycles. The number of thiazole rings is 1. The number of nitrogens with one attached hydrogen (secondary N) is 1. The first-order valence-electron chi connectivity index (χ1n) is 14.7. The fourth-order valence-electron chi connectivity index (χ4n) is 5.57. The quantitative estimate of drug-likeness (QED) is 0.212. The minimum absolute atomic E-state index is 0.0768. The van der Waals surface area contributed by atoms with Gasteiger partial charge < -0.3 is 20.7 Å². The number of carbonyl (C=O) groups excluding carboxylic acids is 1. The van der Waals surface area contributed by atoms with Crippen molar-refractivity contribution in [2.24, 2.45) is 5.73 Å². The zero-order valence-electron chi connectivity index (χ0n) is 24.9. The fraction of sp³-hybridized carbons (Fsp3) is 0.517. The maximum Gasteiger partial charge on any atom is 0.416 e. The largest absolute Gasteiger partial charge is 0.466 e. The Labute approximate surface area is 267 Å². The zero-order chi connectivity index (χ0) is 32.3. The zero-order valence-corrected chi connectivity index (χ0v) is 26.5. The SMILES string of the molecule is CCOC(=O)CCN1CCN(c2ncnc(Nc3nc(-c4cc(Cl)cc(C(F)(F)F)c4)c(CN4[C@H](C)CC[C@H]4N)s3)c2F)CC1. The summed E-state index contributed by atoms with van der Waals surface area (Å²) in [6.45, 7) is 7.26. The van der Waals surface area contributed by atoms with Gasteiger partial charge in [-0.15, -0.1) is 0 Å². The van der Waals surface area contributed by atoms with Gasteiger partial charge in [-0.2, -0.15) is 17.6 Å². The van der Waals surface area contributed by atoms with E-state index in [4.69, 9.17) is 22.1 Å². The number of likely N-dealkylation sites (tertiary alicyclic amines) is 1. The van der Waals surface area contributed by atoms with Crippen LogP contribution in [0.5, 0.6) is 0 Å². The lowest BCUT2D eigenvalue weighted by Crippen LogP contribution is -2.47. The third-order valence-corrected chi connectivity index (χ3v) is 9.17. The molecule has 0 saturated carbocycles. The van der Waals surface area contributed by atoms with E-state index in [-0.39, 0.29) is 52.0 Å². The van der Waals surface area contributed by atoms with Crippen LogP contribution in [0.25, 0.3) is 11.3 Å². The molecule has 2 aliphatic rings. The van der Waals surface area contributed by atoms with Crippen LogP contribution in [0.15, 0.2) is 24.5 Å². The highest BCUT2D eigenvalue weighted by atomic mass is 35.5. The van der Waals surface area contributed by atoms with Crippen molar-refractivity contribution in [2.45, 2.75) is 58.0 Å². The molecule has 16 heteroatoms. The van der Waals surface area contributed by atoms with Gasteiger partial charge in [0.15, 0.2) is 16.8 Å². The van der Waals surface area contributed by atoms with E-state index in [0.29, 0.717) is 56.4 Å². The lowest BCUT2D eigenvalue weighted by molar-refractivity contribution is -0.143. The molecular formula is C29H35ClF4N8O2S. The Hall–Kier alpha value is -3.11. The maximum absolute atomic E-state index is 15.8. The van der Waals surface area contributed by atoms with Crippen molar-refractivity contribution in [3.63, 3.8) is 0 Å². The minimum Gasteiger partial charge on any atom is -0.466 e. The van der Waals surface area contributed by atoms with Crippen molar-refractivity contribution >= 4 is 45.7 Å². The second kappa shape index (κ2) is 14.1. The highest BCUT2D eigenvalue weighted by Crippen LogP contribution is 2.40. The molecule has 5 rings (SSSR count). The Morgan fingerprint density at radius 2 is 1.93 bits per heavy atom. The molecule has 0 radical (unpaired) electrons. The summed E-state index contributed by atoms with van der Waals surface area (Å²) in [7, 11) is 0. The number of esters is 1. The molecule has 1 aromatic carbocycles. The van der Waals surface area contributed by atoms with Crippen molar-refractivity contribution in [3.05, 3.63) is 45.8 Å². The summed E-state index contributed by atoms with van der Waals surface area (Å²) in [6, 6.07) is 3.48. The molecule has 0 amide bonds. The van der Waals surface area contributed by atoms with Gasteiger partial charge in [-0.05, 0) is 44.9 Å². The van der Waals surface area contributed by atoms with Gasteiger partial charge in [0.05, 0.1) is 30.5 Å². The monoisotopic (exact) mass is 670 g/mol. The predicted octanol–water partition coefficient (Wildman–Crippen LogP) is 5.50. The van der Waals surface area contributed by atoms with Crippen LogP contribution in [-0.4, -0.2) is 82.3 Å². The van der Waals surface area contributed by atoms with Crippen LogP contribution < -0.4 is 16.0 Å². The van der Waals surface area contributed by atoms with Gasteiger partial charge in [0.1, 0.15) is 6.33 Å². The third-order valence-electron chi connectivity index (χ3n) is 8.00. The molecule has 0 spiro atoms. The van der Waals surface area contributed by atoms with Crippen LogP contribution in [-0.2, 0) is 22.3 Å². The number of hydrogen-bond acceptors (Lipinski definition) is 11. The average Bonchev–Trinajstić information content (AvgIpc) is 3.54. The molecule has 4 heterocycles. The number of nitrogens with two attached hydrogens (primary N) is 1. The molecular weight excluding hydrogens is 636 g/mol. The maximum atomic E-state index is 15.8. The molecule has 3 N–H and O–H groups in total. The normalized spacial score (nSPS) is 19.7. The van der Waals surface area contributed by atoms with Gasteiger partial charge in [-0.1, -0.05) is 22.9 Å². The van der Waals surface area contributed by atoms with E-state index < -0.39 is 17.6 Å². The van der Waals surface area contributed by atoms with Crippen LogP contribution in [0.2, 0.25) is 5.02 Å². The summed E-state index contributed by atoms with van der Waals surface area (Å²) in [5.74, 6) is -0.908. The number of hydrogen-bond donors (Lipinski definition) is 2. The number of halogens is 5. The highest BCUT2D eigenvalue weighted by Gasteiger charge is 2.33. The van der Waals surface area contributed by atoms with Crippen molar-refractivity contribution in [3.8, 4) is 11.3 Å². The van der Waals surface area contributed by atoms with Gasteiger partial charge in [0.2, 0.25) is 5.82 Å². The van der Waals surface area contributed by atoms with E-state index in [1.807, 2.05) is 11.8 Å². The topological polar surface area (TPSA) is 113 Å². The molecule has 0 aliphatic carbocycles. The predicted molar refractivity (Wildman–Crippen MR) is 165 cm³/mol. The second-order valence-corrected chi connectivity index (χ2v) is 12.6. The van der Waals surface area contributed by atoms with Gasteiger partial charge in [0.25, 0.3) is 0 Å². The molecule has 0 bridgehead atoms. The van der Waals surface area contributed by atoms with Gasteiger partial charge in [0, 0.05) is 60.8 Å². The molecule has 2 fully saturated rings. The number of nitrogens with zero attached hydrogens (tertiary/aromatic N) is 6. The molecule has 2 aliphatic heterocycles. The van der Waals surface area contributed by atoms with Crippen LogP contribution in [0, 0.1) is 5.82 Å². The molecule has 3 aromatic rings. The van der Waals surface area contributed by atoms with E-state index >= 15 is 4.39 Å². The molecule has 0 unspecified atom stereocenters. The Morgan fingerprint density at radius 3 is 2.60 bits per heavy atom. The molecule has 45 heavy (non-hydrogen) atoms. The number of piperazine rings is 1. The van der Waals surface area contributed by atoms with Crippen LogP contribution in [0.3, 0.4) is 0 Å². The Balaban J connectivity index is 1.38. The van der Waals surface area contributed by atoms with Gasteiger partial charge >= 0.3 is 12.1 Å². The Bertz CT molecular complexity index is 1490. The van der Waals surface area contributed by atoms with Crippen molar-refractivity contribution in [1.82, 2.24) is 24.8 Å². The molecule has 2 atom stereocenters. The van der Waals surface area contributed by atoms with Crippen molar-refractivity contribution in [2.75, 3.05) is 49.5 Å². The first kappa shape index (κ1) is 33.3. The Morgan fingerprint density at radius 1 is 1.18 bits per heavy atom. The van der Waals surface area contributed by atoms with E-state index in [9.17, 15) is 18.0 Å². The van der Waals surface area contributed by atoms with Crippen molar-refractivity contribution in [1.29, 1.82) is 0 Å². The van der Waals surface area contributed by atoms with E-state index in [1.54, 1.807) is 6.92 Å². The summed E-state index contributed by atoms with van der Waals surface area (Å²) < 4.78 is 61.7. The smallest absolute Gasteiger partial charge is 0.416 e. The standard InChI is InChI=1S/C29H35ClF4N8O2S/c1-3-44-23(43)6-7-40-8-10-41(11-9-40)27-24(31)26(36-16-37-27)39-28-38-25(18-12-19(29(32,33)34)14-20(30)13-18)21(45-28)15-42-17(2)4-5-22(42)35/h12-14,16-17,22H,3-11,15,35H2,1-2H3,(H,36,37,38,39)/t17-,22+/m1/s1. The number of alkyl halides is 3. The molecule has 244 valence electrons. The summed E-state index contributed by atoms with van der Waals surface area (Å²) in [5.41, 5.74) is 5.93. The van der Waals surface area contributed by atoms with Crippen LogP contribution in [0.4, 0.5) is 34.3 Å². The minimum atomic E-state index is -4.60. The summed E-state index contributed by atoms with van der Waals surface area (Å²) in [5, 5.41) is 3.10. The van der Waals surface area contributed by atoms with Crippen molar-refractivity contribution < 1.29 is 27.1 Å². The molecule has 10 nitrogen and oxygen atoms in total. The summed E-state index contributed by atoms with van der Waals surface area (Å²) >= 11 is 7.30. The summed E-state index contributed by atoms with van der Waals surface area (Å²) in [4.78, 5) is 31.2.